The van der Waals surface area contributed by atoms with Crippen molar-refractivity contribution < 1.29 is 0 Å². The second-order valence-electron chi connectivity index (χ2n) is 6.92. The van der Waals surface area contributed by atoms with Crippen molar-refractivity contribution in [3.05, 3.63) is 87.1 Å². The molecule has 0 aliphatic rings. The molecule has 0 saturated heterocycles. The Bertz CT molecular complexity index is 900. The average molecular weight is 395 g/mol. The third-order valence-electron chi connectivity index (χ3n) is 4.58. The van der Waals surface area contributed by atoms with Crippen LogP contribution in [0.5, 0.6) is 0 Å². The molecule has 0 fully saturated rings. The lowest BCUT2D eigenvalue weighted by molar-refractivity contribution is 0.427. The summed E-state index contributed by atoms with van der Waals surface area (Å²) in [6, 6.07) is 21.4. The van der Waals surface area contributed by atoms with E-state index in [4.69, 9.17) is 12.2 Å². The number of rotatable bonds is 6. The molecule has 4 heteroatoms. The zero-order valence-electron chi connectivity index (χ0n) is 16.2. The number of aryl methyl sites for hydroxylation is 3. The average Bonchev–Trinajstić information content (AvgIpc) is 3.07. The Balaban J connectivity index is 1.74. The Morgan fingerprint density at radius 1 is 1.00 bits per heavy atom. The quantitative estimate of drug-likeness (QED) is 0.507. The maximum absolute atomic E-state index is 5.80. The van der Waals surface area contributed by atoms with Crippen molar-refractivity contribution in [3.63, 3.8) is 0 Å². The van der Waals surface area contributed by atoms with E-state index in [9.17, 15) is 0 Å². The fourth-order valence-electron chi connectivity index (χ4n) is 2.98. The molecular weight excluding hydrogens is 368 g/mol. The molecule has 27 heavy (non-hydrogen) atoms. The van der Waals surface area contributed by atoms with E-state index in [1.165, 1.54) is 26.4 Å². The molecule has 0 atom stereocenters. The molecule has 1 aromatic heterocycles. The summed E-state index contributed by atoms with van der Waals surface area (Å²) < 4.78 is 0. The maximum atomic E-state index is 5.80. The van der Waals surface area contributed by atoms with Crippen LogP contribution in [0.3, 0.4) is 0 Å². The molecule has 140 valence electrons. The normalized spacial score (nSPS) is 10.6. The van der Waals surface area contributed by atoms with E-state index in [0.29, 0.717) is 0 Å². The van der Waals surface area contributed by atoms with Crippen LogP contribution in [0.1, 0.15) is 26.4 Å². The molecule has 2 aromatic carbocycles. The summed E-state index contributed by atoms with van der Waals surface area (Å²) in [7, 11) is 0. The number of nitrogens with one attached hydrogen (secondary N) is 1. The maximum Gasteiger partial charge on any atom is 0.173 e. The van der Waals surface area contributed by atoms with E-state index in [1.54, 1.807) is 0 Å². The summed E-state index contributed by atoms with van der Waals surface area (Å²) in [5, 5.41) is 4.26. The van der Waals surface area contributed by atoms with E-state index in [-0.39, 0.29) is 0 Å². The minimum atomic E-state index is 0.783. The number of hydrogen-bond donors (Lipinski definition) is 1. The van der Waals surface area contributed by atoms with Crippen LogP contribution in [-0.4, -0.2) is 16.6 Å². The fraction of sp³-hybridized carbons (Fsp3) is 0.261. The zero-order valence-corrected chi connectivity index (χ0v) is 17.8. The SMILES string of the molecule is Cc1ccc(C)c(NC(=S)N(CCc2ccccc2)Cc2ccc(C)s2)c1. The van der Waals surface area contributed by atoms with Crippen LogP contribution in [0.25, 0.3) is 0 Å². The Morgan fingerprint density at radius 2 is 1.78 bits per heavy atom. The lowest BCUT2D eigenvalue weighted by Crippen LogP contribution is -2.35. The van der Waals surface area contributed by atoms with Crippen molar-refractivity contribution in [2.75, 3.05) is 11.9 Å². The number of anilines is 1. The van der Waals surface area contributed by atoms with Crippen molar-refractivity contribution in [1.82, 2.24) is 4.90 Å². The summed E-state index contributed by atoms with van der Waals surface area (Å²) >= 11 is 7.64. The second kappa shape index (κ2) is 9.16. The van der Waals surface area contributed by atoms with Gasteiger partial charge < -0.3 is 10.2 Å². The first-order chi connectivity index (χ1) is 13.0. The van der Waals surface area contributed by atoms with Crippen LogP contribution >= 0.6 is 23.6 Å². The minimum absolute atomic E-state index is 0.783. The van der Waals surface area contributed by atoms with Gasteiger partial charge in [-0.25, -0.2) is 0 Å². The van der Waals surface area contributed by atoms with Crippen LogP contribution in [0, 0.1) is 20.8 Å². The van der Waals surface area contributed by atoms with Gasteiger partial charge in [-0.1, -0.05) is 42.5 Å². The molecule has 0 amide bonds. The zero-order chi connectivity index (χ0) is 19.2. The van der Waals surface area contributed by atoms with Gasteiger partial charge in [-0.3, -0.25) is 0 Å². The van der Waals surface area contributed by atoms with Crippen molar-refractivity contribution >= 4 is 34.4 Å². The summed E-state index contributed by atoms with van der Waals surface area (Å²) in [6.07, 6.45) is 0.972. The Labute approximate surface area is 171 Å². The molecule has 0 saturated carbocycles. The molecule has 0 spiro atoms. The van der Waals surface area contributed by atoms with Gasteiger partial charge in [0.05, 0.1) is 6.54 Å². The standard InChI is InChI=1S/C23H26N2S2/c1-17-9-10-18(2)22(15-17)24-23(26)25(16-21-12-11-19(3)27-21)14-13-20-7-5-4-6-8-20/h4-12,15H,13-14,16H2,1-3H3,(H,24,26). The summed E-state index contributed by atoms with van der Waals surface area (Å²) in [5.41, 5.74) is 4.86. The predicted molar refractivity (Wildman–Crippen MR) is 122 cm³/mol. The van der Waals surface area contributed by atoms with E-state index < -0.39 is 0 Å². The van der Waals surface area contributed by atoms with E-state index in [0.717, 1.165) is 30.3 Å². The lowest BCUT2D eigenvalue weighted by Gasteiger charge is -2.26. The summed E-state index contributed by atoms with van der Waals surface area (Å²) in [5.74, 6) is 0. The highest BCUT2D eigenvalue weighted by Gasteiger charge is 2.13. The van der Waals surface area contributed by atoms with Crippen molar-refractivity contribution in [2.45, 2.75) is 33.7 Å². The van der Waals surface area contributed by atoms with Gasteiger partial charge in [0.1, 0.15) is 0 Å². The van der Waals surface area contributed by atoms with Crippen LogP contribution in [0.4, 0.5) is 5.69 Å². The molecule has 1 N–H and O–H groups in total. The van der Waals surface area contributed by atoms with Gasteiger partial charge in [0, 0.05) is 22.0 Å². The monoisotopic (exact) mass is 394 g/mol. The smallest absolute Gasteiger partial charge is 0.173 e. The van der Waals surface area contributed by atoms with Gasteiger partial charge in [0.25, 0.3) is 0 Å². The second-order valence-corrected chi connectivity index (χ2v) is 8.68. The highest BCUT2D eigenvalue weighted by molar-refractivity contribution is 7.80. The third kappa shape index (κ3) is 5.65. The van der Waals surface area contributed by atoms with Crippen LogP contribution in [0.15, 0.2) is 60.7 Å². The highest BCUT2D eigenvalue weighted by Crippen LogP contribution is 2.20. The van der Waals surface area contributed by atoms with Crippen LogP contribution < -0.4 is 5.32 Å². The van der Waals surface area contributed by atoms with Gasteiger partial charge in [0.15, 0.2) is 5.11 Å². The third-order valence-corrected chi connectivity index (χ3v) is 5.92. The van der Waals surface area contributed by atoms with Gasteiger partial charge in [0.2, 0.25) is 0 Å². The molecule has 2 nitrogen and oxygen atoms in total. The molecule has 0 radical (unpaired) electrons. The first kappa shape index (κ1) is 19.6. The van der Waals surface area contributed by atoms with Crippen LogP contribution in [-0.2, 0) is 13.0 Å². The molecule has 0 aliphatic heterocycles. The number of benzene rings is 2. The van der Waals surface area contributed by atoms with E-state index in [1.807, 2.05) is 11.3 Å². The van der Waals surface area contributed by atoms with E-state index >= 15 is 0 Å². The molecule has 3 aromatic rings. The molecule has 0 unspecified atom stereocenters. The fourth-order valence-corrected chi connectivity index (χ4v) is 4.16. The molecule has 0 aliphatic carbocycles. The van der Waals surface area contributed by atoms with E-state index in [2.05, 4.69) is 91.7 Å². The number of thiophene rings is 1. The molecule has 1 heterocycles. The number of nitrogens with zero attached hydrogens (tertiary/aromatic N) is 1. The molecular formula is C23H26N2S2. The first-order valence-corrected chi connectivity index (χ1v) is 10.5. The Morgan fingerprint density at radius 3 is 2.48 bits per heavy atom. The van der Waals surface area contributed by atoms with Crippen LogP contribution in [0.2, 0.25) is 0 Å². The Kier molecular flexibility index (Phi) is 6.64. The predicted octanol–water partition coefficient (Wildman–Crippen LogP) is 6.12. The lowest BCUT2D eigenvalue weighted by atomic mass is 10.1. The minimum Gasteiger partial charge on any atom is -0.344 e. The number of hydrogen-bond acceptors (Lipinski definition) is 2. The molecule has 0 bridgehead atoms. The Hall–Kier alpha value is -2.17. The van der Waals surface area contributed by atoms with Crippen molar-refractivity contribution in [3.8, 4) is 0 Å². The van der Waals surface area contributed by atoms with Crippen molar-refractivity contribution in [2.24, 2.45) is 0 Å². The highest BCUT2D eigenvalue weighted by atomic mass is 32.1. The largest absolute Gasteiger partial charge is 0.344 e. The van der Waals surface area contributed by atoms with Crippen molar-refractivity contribution in [1.29, 1.82) is 0 Å². The van der Waals surface area contributed by atoms with Gasteiger partial charge in [-0.05, 0) is 74.3 Å². The topological polar surface area (TPSA) is 15.3 Å². The number of thiocarbonyl (C=S) groups is 1. The van der Waals surface area contributed by atoms with Gasteiger partial charge >= 0.3 is 0 Å². The summed E-state index contributed by atoms with van der Waals surface area (Å²) in [6.45, 7) is 8.09. The molecule has 3 rings (SSSR count). The van der Waals surface area contributed by atoms with Gasteiger partial charge in [-0.2, -0.15) is 0 Å². The van der Waals surface area contributed by atoms with Gasteiger partial charge in [-0.15, -0.1) is 11.3 Å². The first-order valence-electron chi connectivity index (χ1n) is 9.23. The summed E-state index contributed by atoms with van der Waals surface area (Å²) in [4.78, 5) is 4.95.